The molecule has 0 amide bonds. The number of aryl methyl sites for hydroxylation is 1. The molecule has 1 saturated heterocycles. The van der Waals surface area contributed by atoms with Gasteiger partial charge >= 0.3 is 0 Å². The number of para-hydroxylation sites is 1. The topological polar surface area (TPSA) is 62.5 Å². The minimum Gasteiger partial charge on any atom is -0.508 e. The highest BCUT2D eigenvalue weighted by Crippen LogP contribution is 2.42. The van der Waals surface area contributed by atoms with Gasteiger partial charge in [-0.3, -0.25) is 4.98 Å². The molecule has 1 aliphatic rings. The third kappa shape index (κ3) is 4.48. The number of hydrogen-bond donors (Lipinski definition) is 2. The number of thiocarbonyl (C=S) groups is 1. The lowest BCUT2D eigenvalue weighted by Gasteiger charge is -2.29. The van der Waals surface area contributed by atoms with E-state index < -0.39 is 0 Å². The lowest BCUT2D eigenvalue weighted by atomic mass is 10.0. The number of rotatable bonds is 6. The Balaban J connectivity index is 1.40. The second-order valence-corrected chi connectivity index (χ2v) is 9.56. The van der Waals surface area contributed by atoms with Crippen LogP contribution in [0.1, 0.15) is 29.0 Å². The van der Waals surface area contributed by atoms with E-state index in [0.29, 0.717) is 5.11 Å². The molecule has 38 heavy (non-hydrogen) atoms. The van der Waals surface area contributed by atoms with Gasteiger partial charge in [0.25, 0.3) is 0 Å². The van der Waals surface area contributed by atoms with Crippen LogP contribution in [0.5, 0.6) is 17.2 Å². The number of aromatic hydroxyl groups is 1. The van der Waals surface area contributed by atoms with Crippen molar-refractivity contribution in [2.24, 2.45) is 0 Å². The van der Waals surface area contributed by atoms with Gasteiger partial charge in [0.1, 0.15) is 23.3 Å². The number of pyridine rings is 1. The van der Waals surface area contributed by atoms with Crippen LogP contribution in [-0.2, 0) is 0 Å². The summed E-state index contributed by atoms with van der Waals surface area (Å²) in [5.74, 6) is 1.82. The van der Waals surface area contributed by atoms with Crippen molar-refractivity contribution in [3.8, 4) is 22.9 Å². The Labute approximate surface area is 226 Å². The number of hydrogen-bond acceptors (Lipinski definition) is 4. The lowest BCUT2D eigenvalue weighted by Crippen LogP contribution is -2.30. The Bertz CT molecular complexity index is 1570. The summed E-state index contributed by atoms with van der Waals surface area (Å²) in [6.07, 6.45) is 3.83. The number of benzene rings is 3. The first-order chi connectivity index (χ1) is 18.6. The molecule has 0 spiro atoms. The highest BCUT2D eigenvalue weighted by Gasteiger charge is 2.42. The van der Waals surface area contributed by atoms with Gasteiger partial charge < -0.3 is 24.6 Å². The fraction of sp³-hybridized carbons (Fsp3) is 0.0968. The maximum atomic E-state index is 9.82. The van der Waals surface area contributed by atoms with E-state index in [2.05, 4.69) is 25.8 Å². The van der Waals surface area contributed by atoms with Crippen LogP contribution in [0.2, 0.25) is 0 Å². The summed E-state index contributed by atoms with van der Waals surface area (Å²) in [7, 11) is 0. The van der Waals surface area contributed by atoms with Crippen molar-refractivity contribution in [1.29, 1.82) is 0 Å². The molecule has 5 aromatic rings. The monoisotopic (exact) mass is 518 g/mol. The molecule has 1 aliphatic heterocycles. The first-order valence-corrected chi connectivity index (χ1v) is 12.8. The van der Waals surface area contributed by atoms with Crippen LogP contribution in [0.15, 0.2) is 116 Å². The molecule has 2 unspecified atom stereocenters. The van der Waals surface area contributed by atoms with E-state index in [1.54, 1.807) is 18.3 Å². The molecule has 6 rings (SSSR count). The van der Waals surface area contributed by atoms with Crippen molar-refractivity contribution >= 4 is 23.0 Å². The zero-order valence-electron chi connectivity index (χ0n) is 20.7. The van der Waals surface area contributed by atoms with Gasteiger partial charge in [-0.05, 0) is 104 Å². The maximum Gasteiger partial charge on any atom is 0.174 e. The summed E-state index contributed by atoms with van der Waals surface area (Å²) in [6, 6.07) is 32.8. The van der Waals surface area contributed by atoms with Crippen molar-refractivity contribution in [2.45, 2.75) is 19.0 Å². The Kier molecular flexibility index (Phi) is 6.27. The number of phenolic OH excluding ortho intramolecular Hbond substituents is 1. The molecular formula is C31H26N4O2S. The number of phenols is 1. The van der Waals surface area contributed by atoms with Gasteiger partial charge in [-0.2, -0.15) is 0 Å². The SMILES string of the molecule is Cc1ccccc1Oc1ccc(N2C(=S)NC(c3ccccn3)C2c2cccn2-c2ccc(O)cc2)cc1. The molecular weight excluding hydrogens is 492 g/mol. The van der Waals surface area contributed by atoms with Gasteiger partial charge in [0, 0.05) is 29.5 Å². The number of ether oxygens (including phenoxy) is 1. The lowest BCUT2D eigenvalue weighted by molar-refractivity contribution is 0.475. The van der Waals surface area contributed by atoms with Crippen LogP contribution < -0.4 is 15.0 Å². The van der Waals surface area contributed by atoms with E-state index in [0.717, 1.165) is 39.8 Å². The summed E-state index contributed by atoms with van der Waals surface area (Å²) in [5.41, 5.74) is 4.91. The fourth-order valence-electron chi connectivity index (χ4n) is 4.89. The highest BCUT2D eigenvalue weighted by molar-refractivity contribution is 7.80. The quantitative estimate of drug-likeness (QED) is 0.240. The van der Waals surface area contributed by atoms with Crippen molar-refractivity contribution < 1.29 is 9.84 Å². The van der Waals surface area contributed by atoms with Crippen LogP contribution in [0.3, 0.4) is 0 Å². The summed E-state index contributed by atoms with van der Waals surface area (Å²) in [4.78, 5) is 6.79. The standard InChI is InChI=1S/C31H26N4O2S/c1-21-7-2-3-10-28(21)37-25-17-13-23(14-18-25)35-30(29(33-31(35)38)26-8-4-5-19-32-26)27-9-6-20-34(27)22-11-15-24(36)16-12-22/h2-20,29-30,36H,1H3,(H,33,38). The molecule has 0 bridgehead atoms. The summed E-state index contributed by atoms with van der Waals surface area (Å²) in [5, 5.41) is 14.0. The second kappa shape index (κ2) is 10.0. The first-order valence-electron chi connectivity index (χ1n) is 12.4. The largest absolute Gasteiger partial charge is 0.508 e. The molecule has 6 nitrogen and oxygen atoms in total. The van der Waals surface area contributed by atoms with Crippen LogP contribution in [0.4, 0.5) is 5.69 Å². The van der Waals surface area contributed by atoms with Gasteiger partial charge in [-0.1, -0.05) is 24.3 Å². The minimum absolute atomic E-state index is 0.169. The minimum atomic E-state index is -0.177. The molecule has 0 aliphatic carbocycles. The van der Waals surface area contributed by atoms with Crippen LogP contribution in [0.25, 0.3) is 5.69 Å². The van der Waals surface area contributed by atoms with Crippen molar-refractivity contribution in [1.82, 2.24) is 14.9 Å². The average Bonchev–Trinajstić information content (AvgIpc) is 3.56. The van der Waals surface area contributed by atoms with Crippen molar-refractivity contribution in [3.63, 3.8) is 0 Å². The second-order valence-electron chi connectivity index (χ2n) is 9.18. The Morgan fingerprint density at radius 2 is 1.58 bits per heavy atom. The molecule has 188 valence electrons. The third-order valence-corrected chi connectivity index (χ3v) is 7.06. The zero-order valence-corrected chi connectivity index (χ0v) is 21.5. The van der Waals surface area contributed by atoms with Crippen molar-refractivity contribution in [3.05, 3.63) is 132 Å². The molecule has 0 saturated carbocycles. The predicted molar refractivity (Wildman–Crippen MR) is 153 cm³/mol. The molecule has 0 radical (unpaired) electrons. The predicted octanol–water partition coefficient (Wildman–Crippen LogP) is 6.86. The Morgan fingerprint density at radius 1 is 0.842 bits per heavy atom. The molecule has 1 fully saturated rings. The van der Waals surface area contributed by atoms with Gasteiger partial charge in [0.15, 0.2) is 5.11 Å². The number of nitrogens with zero attached hydrogens (tertiary/aromatic N) is 3. The van der Waals surface area contributed by atoms with E-state index in [4.69, 9.17) is 17.0 Å². The average molecular weight is 519 g/mol. The van der Waals surface area contributed by atoms with E-state index in [1.807, 2.05) is 98.0 Å². The summed E-state index contributed by atoms with van der Waals surface area (Å²) >= 11 is 5.90. The first kappa shape index (κ1) is 23.8. The molecule has 7 heteroatoms. The third-order valence-electron chi connectivity index (χ3n) is 6.75. The van der Waals surface area contributed by atoms with E-state index in [1.165, 1.54) is 0 Å². The van der Waals surface area contributed by atoms with Gasteiger partial charge in [-0.25, -0.2) is 0 Å². The van der Waals surface area contributed by atoms with E-state index in [-0.39, 0.29) is 17.8 Å². The normalized spacial score (nSPS) is 16.9. The molecule has 2 aromatic heterocycles. The fourth-order valence-corrected chi connectivity index (χ4v) is 5.24. The van der Waals surface area contributed by atoms with Crippen LogP contribution in [0, 0.1) is 6.92 Å². The zero-order chi connectivity index (χ0) is 26.1. The summed E-state index contributed by atoms with van der Waals surface area (Å²) < 4.78 is 8.25. The van der Waals surface area contributed by atoms with E-state index >= 15 is 0 Å². The number of anilines is 1. The Hall–Kier alpha value is -4.62. The van der Waals surface area contributed by atoms with Gasteiger partial charge in [0.05, 0.1) is 11.7 Å². The van der Waals surface area contributed by atoms with Crippen LogP contribution >= 0.6 is 12.2 Å². The van der Waals surface area contributed by atoms with Gasteiger partial charge in [0.2, 0.25) is 0 Å². The number of aromatic nitrogens is 2. The molecule has 3 heterocycles. The van der Waals surface area contributed by atoms with Gasteiger partial charge in [-0.15, -0.1) is 0 Å². The summed E-state index contributed by atoms with van der Waals surface area (Å²) in [6.45, 7) is 2.03. The molecule has 2 atom stereocenters. The maximum absolute atomic E-state index is 9.82. The molecule has 3 aromatic carbocycles. The highest BCUT2D eigenvalue weighted by atomic mass is 32.1. The Morgan fingerprint density at radius 3 is 2.32 bits per heavy atom. The molecule has 2 N–H and O–H groups in total. The van der Waals surface area contributed by atoms with Crippen molar-refractivity contribution in [2.75, 3.05) is 4.90 Å². The van der Waals surface area contributed by atoms with Crippen LogP contribution in [-0.4, -0.2) is 19.8 Å². The smallest absolute Gasteiger partial charge is 0.174 e. The van der Waals surface area contributed by atoms with E-state index in [9.17, 15) is 5.11 Å². The number of nitrogens with one attached hydrogen (secondary N) is 1.